The van der Waals surface area contributed by atoms with E-state index in [0.29, 0.717) is 12.5 Å². The fraction of sp³-hybridized carbons (Fsp3) is 0.381. The smallest absolute Gasteiger partial charge is 0.223 e. The minimum absolute atomic E-state index is 0.272. The van der Waals surface area contributed by atoms with Crippen LogP contribution in [0.25, 0.3) is 0 Å². The molecule has 1 aliphatic heterocycles. The highest BCUT2D eigenvalue weighted by molar-refractivity contribution is 7.99. The average Bonchev–Trinajstić information content (AvgIpc) is 3.07. The first-order valence-corrected chi connectivity index (χ1v) is 9.90. The minimum Gasteiger partial charge on any atom is -0.380 e. The standard InChI is InChI=1S/C21H26N2OS/c1-16-8-9-20(14-17(16)2)25-13-11-21(24)23-12-10-19(15-23)22-18-6-4-3-5-7-18/h3-9,14,19,22H,10-13,15H2,1-2H3. The monoisotopic (exact) mass is 354 g/mol. The lowest BCUT2D eigenvalue weighted by atomic mass is 10.1. The number of hydrogen-bond acceptors (Lipinski definition) is 3. The Balaban J connectivity index is 1.42. The van der Waals surface area contributed by atoms with Gasteiger partial charge in [0.05, 0.1) is 0 Å². The van der Waals surface area contributed by atoms with Crippen LogP contribution in [0.3, 0.4) is 0 Å². The van der Waals surface area contributed by atoms with Crippen LogP contribution < -0.4 is 5.32 Å². The van der Waals surface area contributed by atoms with Crippen LogP contribution in [0.2, 0.25) is 0 Å². The van der Waals surface area contributed by atoms with Gasteiger partial charge in [-0.3, -0.25) is 4.79 Å². The van der Waals surface area contributed by atoms with Gasteiger partial charge < -0.3 is 10.2 Å². The van der Waals surface area contributed by atoms with Crippen molar-refractivity contribution in [3.63, 3.8) is 0 Å². The van der Waals surface area contributed by atoms with Gasteiger partial charge in [0.15, 0.2) is 0 Å². The van der Waals surface area contributed by atoms with Gasteiger partial charge in [-0.25, -0.2) is 0 Å². The molecule has 0 spiro atoms. The molecule has 0 radical (unpaired) electrons. The van der Waals surface area contributed by atoms with E-state index < -0.39 is 0 Å². The Morgan fingerprint density at radius 2 is 1.96 bits per heavy atom. The van der Waals surface area contributed by atoms with E-state index in [1.165, 1.54) is 16.0 Å². The Bertz CT molecular complexity index is 717. The Morgan fingerprint density at radius 3 is 2.72 bits per heavy atom. The number of carbonyl (C=O) groups excluding carboxylic acids is 1. The van der Waals surface area contributed by atoms with E-state index in [0.717, 1.165) is 31.0 Å². The number of carbonyl (C=O) groups is 1. The summed E-state index contributed by atoms with van der Waals surface area (Å²) in [5.41, 5.74) is 3.76. The van der Waals surface area contributed by atoms with Crippen LogP contribution in [0.4, 0.5) is 5.69 Å². The molecule has 1 unspecified atom stereocenters. The molecule has 0 saturated carbocycles. The molecule has 0 aromatic heterocycles. The number of hydrogen-bond donors (Lipinski definition) is 1. The molecule has 0 bridgehead atoms. The highest BCUT2D eigenvalue weighted by Crippen LogP contribution is 2.23. The van der Waals surface area contributed by atoms with Gasteiger partial charge in [0.2, 0.25) is 5.91 Å². The van der Waals surface area contributed by atoms with Gasteiger partial charge >= 0.3 is 0 Å². The van der Waals surface area contributed by atoms with Crippen molar-refractivity contribution >= 4 is 23.4 Å². The quantitative estimate of drug-likeness (QED) is 0.775. The predicted molar refractivity (Wildman–Crippen MR) is 106 cm³/mol. The molecule has 4 heteroatoms. The fourth-order valence-electron chi connectivity index (χ4n) is 3.09. The number of benzene rings is 2. The van der Waals surface area contributed by atoms with Crippen LogP contribution in [0, 0.1) is 13.8 Å². The highest BCUT2D eigenvalue weighted by atomic mass is 32.2. The molecule has 1 atom stereocenters. The molecule has 1 aliphatic rings. The Kier molecular flexibility index (Phi) is 6.03. The summed E-state index contributed by atoms with van der Waals surface area (Å²) in [4.78, 5) is 15.7. The van der Waals surface area contributed by atoms with Crippen LogP contribution in [-0.4, -0.2) is 35.7 Å². The summed E-state index contributed by atoms with van der Waals surface area (Å²) in [5, 5.41) is 3.52. The zero-order valence-electron chi connectivity index (χ0n) is 15.0. The first kappa shape index (κ1) is 17.9. The lowest BCUT2D eigenvalue weighted by molar-refractivity contribution is -0.129. The second kappa shape index (κ2) is 8.43. The Labute approximate surface area is 154 Å². The summed E-state index contributed by atoms with van der Waals surface area (Å²) in [7, 11) is 0. The van der Waals surface area contributed by atoms with Gasteiger partial charge in [-0.05, 0) is 55.7 Å². The van der Waals surface area contributed by atoms with E-state index in [9.17, 15) is 4.79 Å². The molecule has 0 aliphatic carbocycles. The molecule has 1 heterocycles. The number of aryl methyl sites for hydroxylation is 2. The fourth-order valence-corrected chi connectivity index (χ4v) is 4.03. The van der Waals surface area contributed by atoms with Gasteiger partial charge in [-0.2, -0.15) is 0 Å². The normalized spacial score (nSPS) is 16.9. The van der Waals surface area contributed by atoms with Crippen molar-refractivity contribution in [3.8, 4) is 0 Å². The maximum absolute atomic E-state index is 12.4. The summed E-state index contributed by atoms with van der Waals surface area (Å²) in [5.74, 6) is 1.11. The van der Waals surface area contributed by atoms with Crippen LogP contribution in [0.5, 0.6) is 0 Å². The maximum Gasteiger partial charge on any atom is 0.223 e. The Hall–Kier alpha value is -1.94. The second-order valence-corrected chi connectivity index (χ2v) is 7.85. The third-order valence-corrected chi connectivity index (χ3v) is 5.74. The topological polar surface area (TPSA) is 32.3 Å². The molecule has 1 saturated heterocycles. The van der Waals surface area contributed by atoms with Crippen LogP contribution in [0.15, 0.2) is 53.4 Å². The van der Waals surface area contributed by atoms with E-state index in [4.69, 9.17) is 0 Å². The Morgan fingerprint density at radius 1 is 1.16 bits per heavy atom. The number of rotatable bonds is 6. The van der Waals surface area contributed by atoms with Gasteiger partial charge in [-0.15, -0.1) is 11.8 Å². The third-order valence-electron chi connectivity index (χ3n) is 4.75. The second-order valence-electron chi connectivity index (χ2n) is 6.68. The number of nitrogens with zero attached hydrogens (tertiary/aromatic N) is 1. The zero-order valence-corrected chi connectivity index (χ0v) is 15.8. The van der Waals surface area contributed by atoms with E-state index >= 15 is 0 Å². The number of thioether (sulfide) groups is 1. The SMILES string of the molecule is Cc1ccc(SCCC(=O)N2CCC(Nc3ccccc3)C2)cc1C. The van der Waals surface area contributed by atoms with Crippen LogP contribution >= 0.6 is 11.8 Å². The highest BCUT2D eigenvalue weighted by Gasteiger charge is 2.25. The number of amides is 1. The van der Waals surface area contributed by atoms with Crippen molar-refractivity contribution in [2.75, 3.05) is 24.2 Å². The number of likely N-dealkylation sites (tertiary alicyclic amines) is 1. The molecule has 1 N–H and O–H groups in total. The van der Waals surface area contributed by atoms with E-state index in [1.54, 1.807) is 11.8 Å². The molecule has 1 amide bonds. The zero-order chi connectivity index (χ0) is 17.6. The summed E-state index contributed by atoms with van der Waals surface area (Å²) < 4.78 is 0. The first-order valence-electron chi connectivity index (χ1n) is 8.91. The number of para-hydroxylation sites is 1. The molecule has 3 rings (SSSR count). The summed E-state index contributed by atoms with van der Waals surface area (Å²) in [6.07, 6.45) is 1.63. The van der Waals surface area contributed by atoms with Gasteiger partial charge in [0.25, 0.3) is 0 Å². The van der Waals surface area contributed by atoms with E-state index in [2.05, 4.69) is 49.5 Å². The first-order chi connectivity index (χ1) is 12.1. The summed E-state index contributed by atoms with van der Waals surface area (Å²) in [6, 6.07) is 17.1. The van der Waals surface area contributed by atoms with Crippen LogP contribution in [0.1, 0.15) is 24.0 Å². The molecular weight excluding hydrogens is 328 g/mol. The molecule has 3 nitrogen and oxygen atoms in total. The van der Waals surface area contributed by atoms with Gasteiger partial charge in [0.1, 0.15) is 0 Å². The molecular formula is C21H26N2OS. The number of anilines is 1. The molecule has 2 aromatic carbocycles. The van der Waals surface area contributed by atoms with Gasteiger partial charge in [0, 0.05) is 41.9 Å². The van der Waals surface area contributed by atoms with Crippen molar-refractivity contribution in [1.29, 1.82) is 0 Å². The molecule has 2 aromatic rings. The van der Waals surface area contributed by atoms with Gasteiger partial charge in [-0.1, -0.05) is 24.3 Å². The van der Waals surface area contributed by atoms with Crippen molar-refractivity contribution in [3.05, 3.63) is 59.7 Å². The number of nitrogens with one attached hydrogen (secondary N) is 1. The van der Waals surface area contributed by atoms with Crippen molar-refractivity contribution in [2.45, 2.75) is 37.6 Å². The lowest BCUT2D eigenvalue weighted by Gasteiger charge is -2.17. The van der Waals surface area contributed by atoms with E-state index in [-0.39, 0.29) is 5.91 Å². The minimum atomic E-state index is 0.272. The van der Waals surface area contributed by atoms with Crippen molar-refractivity contribution in [1.82, 2.24) is 4.90 Å². The summed E-state index contributed by atoms with van der Waals surface area (Å²) >= 11 is 1.77. The lowest BCUT2D eigenvalue weighted by Crippen LogP contribution is -2.31. The largest absolute Gasteiger partial charge is 0.380 e. The maximum atomic E-state index is 12.4. The molecule has 1 fully saturated rings. The predicted octanol–water partition coefficient (Wildman–Crippen LogP) is 4.50. The molecule has 132 valence electrons. The van der Waals surface area contributed by atoms with Crippen molar-refractivity contribution < 1.29 is 4.79 Å². The van der Waals surface area contributed by atoms with Crippen molar-refractivity contribution in [2.24, 2.45) is 0 Å². The third kappa shape index (κ3) is 5.02. The summed E-state index contributed by atoms with van der Waals surface area (Å²) in [6.45, 7) is 5.93. The van der Waals surface area contributed by atoms with Crippen LogP contribution in [-0.2, 0) is 4.79 Å². The average molecular weight is 355 g/mol. The molecule has 25 heavy (non-hydrogen) atoms. The van der Waals surface area contributed by atoms with E-state index in [1.807, 2.05) is 23.1 Å².